The Morgan fingerprint density at radius 3 is 2.55 bits per heavy atom. The van der Waals surface area contributed by atoms with Crippen molar-refractivity contribution in [3.8, 4) is 11.1 Å². The van der Waals surface area contributed by atoms with Crippen LogP contribution in [0, 0.1) is 6.92 Å². The van der Waals surface area contributed by atoms with Gasteiger partial charge in [-0.05, 0) is 37.3 Å². The SMILES string of the molecule is Cc1c(C(=O)O)c2cc(=O)ccc-2cn1Nc1ccccc1. The van der Waals surface area contributed by atoms with E-state index in [0.29, 0.717) is 16.8 Å². The number of pyridine rings is 1. The first-order valence-electron chi connectivity index (χ1n) is 6.77. The standard InChI is InChI=1S/C17H14N2O3/c1-11-16(17(21)22)15-9-14(20)8-7-12(15)10-19(11)18-13-5-3-2-4-6-13/h2-10,18H,1H3,(H,21,22). The summed E-state index contributed by atoms with van der Waals surface area (Å²) in [5.41, 5.74) is 5.56. The van der Waals surface area contributed by atoms with Crippen LogP contribution < -0.4 is 10.9 Å². The number of para-hydroxylation sites is 1. The molecule has 0 atom stereocenters. The highest BCUT2D eigenvalue weighted by Crippen LogP contribution is 2.27. The number of carbonyl (C=O) groups is 1. The zero-order valence-electron chi connectivity index (χ0n) is 11.9. The summed E-state index contributed by atoms with van der Waals surface area (Å²) >= 11 is 0. The largest absolute Gasteiger partial charge is 0.478 e. The normalized spacial score (nSPS) is 10.6. The van der Waals surface area contributed by atoms with Crippen LogP contribution in [0.5, 0.6) is 0 Å². The second-order valence-electron chi connectivity index (χ2n) is 4.99. The smallest absolute Gasteiger partial charge is 0.338 e. The van der Waals surface area contributed by atoms with Gasteiger partial charge in [0.1, 0.15) is 0 Å². The first-order valence-corrected chi connectivity index (χ1v) is 6.77. The van der Waals surface area contributed by atoms with Gasteiger partial charge in [-0.3, -0.25) is 14.9 Å². The van der Waals surface area contributed by atoms with Gasteiger partial charge in [0.25, 0.3) is 0 Å². The topological polar surface area (TPSA) is 71.3 Å². The predicted octanol–water partition coefficient (Wildman–Crippen LogP) is 2.83. The number of nitrogens with zero attached hydrogens (tertiary/aromatic N) is 1. The summed E-state index contributed by atoms with van der Waals surface area (Å²) < 4.78 is 1.66. The average molecular weight is 294 g/mol. The molecule has 0 amide bonds. The second kappa shape index (κ2) is 5.37. The van der Waals surface area contributed by atoms with Crippen LogP contribution in [0.3, 0.4) is 0 Å². The lowest BCUT2D eigenvalue weighted by molar-refractivity contribution is 0.0696. The van der Waals surface area contributed by atoms with E-state index in [4.69, 9.17) is 0 Å². The van der Waals surface area contributed by atoms with Crippen LogP contribution in [0.4, 0.5) is 5.69 Å². The van der Waals surface area contributed by atoms with Crippen molar-refractivity contribution >= 4 is 11.7 Å². The van der Waals surface area contributed by atoms with Crippen molar-refractivity contribution in [1.29, 1.82) is 0 Å². The van der Waals surface area contributed by atoms with Gasteiger partial charge in [0.15, 0.2) is 5.43 Å². The Bertz CT molecular complexity index is 869. The summed E-state index contributed by atoms with van der Waals surface area (Å²) in [7, 11) is 0. The average Bonchev–Trinajstić information content (AvgIpc) is 2.49. The van der Waals surface area contributed by atoms with E-state index in [-0.39, 0.29) is 11.0 Å². The van der Waals surface area contributed by atoms with Crippen LogP contribution in [-0.2, 0) is 0 Å². The van der Waals surface area contributed by atoms with Gasteiger partial charge in [-0.1, -0.05) is 18.2 Å². The Balaban J connectivity index is 2.22. The van der Waals surface area contributed by atoms with Crippen molar-refractivity contribution in [2.45, 2.75) is 6.92 Å². The summed E-state index contributed by atoms with van der Waals surface area (Å²) in [4.78, 5) is 23.1. The van der Waals surface area contributed by atoms with Gasteiger partial charge < -0.3 is 5.11 Å². The first-order chi connectivity index (χ1) is 10.6. The van der Waals surface area contributed by atoms with Crippen LogP contribution in [0.2, 0.25) is 0 Å². The third-order valence-electron chi connectivity index (χ3n) is 3.52. The van der Waals surface area contributed by atoms with Crippen molar-refractivity contribution in [2.75, 3.05) is 5.43 Å². The Morgan fingerprint density at radius 2 is 1.86 bits per heavy atom. The molecule has 0 saturated carbocycles. The molecule has 0 aromatic heterocycles. The van der Waals surface area contributed by atoms with Gasteiger partial charge in [0.2, 0.25) is 0 Å². The monoisotopic (exact) mass is 294 g/mol. The number of aromatic nitrogens is 1. The summed E-state index contributed by atoms with van der Waals surface area (Å²) in [6, 6.07) is 13.9. The molecular weight excluding hydrogens is 280 g/mol. The zero-order valence-corrected chi connectivity index (χ0v) is 11.9. The molecule has 22 heavy (non-hydrogen) atoms. The molecular formula is C17H14N2O3. The maximum absolute atomic E-state index is 11.6. The van der Waals surface area contributed by atoms with Crippen molar-refractivity contribution in [3.63, 3.8) is 0 Å². The van der Waals surface area contributed by atoms with Gasteiger partial charge in [0.05, 0.1) is 16.9 Å². The molecule has 110 valence electrons. The number of carboxylic acid groups (broad SMARTS) is 1. The number of benzene rings is 2. The molecule has 0 saturated heterocycles. The molecule has 1 heterocycles. The van der Waals surface area contributed by atoms with E-state index in [9.17, 15) is 14.7 Å². The number of hydrogen-bond acceptors (Lipinski definition) is 3. The van der Waals surface area contributed by atoms with Gasteiger partial charge in [-0.2, -0.15) is 0 Å². The number of anilines is 1. The summed E-state index contributed by atoms with van der Waals surface area (Å²) in [5, 5.41) is 9.50. The van der Waals surface area contributed by atoms with Crippen LogP contribution in [0.1, 0.15) is 16.1 Å². The molecule has 0 spiro atoms. The molecule has 1 aliphatic heterocycles. The lowest BCUT2D eigenvalue weighted by Gasteiger charge is -2.20. The molecule has 2 aliphatic rings. The van der Waals surface area contributed by atoms with Crippen LogP contribution >= 0.6 is 0 Å². The Morgan fingerprint density at radius 1 is 1.14 bits per heavy atom. The molecule has 0 fully saturated rings. The summed E-state index contributed by atoms with van der Waals surface area (Å²) in [5.74, 6) is -1.06. The van der Waals surface area contributed by atoms with E-state index < -0.39 is 5.97 Å². The molecule has 5 nitrogen and oxygen atoms in total. The second-order valence-corrected chi connectivity index (χ2v) is 4.99. The molecule has 0 unspecified atom stereocenters. The van der Waals surface area contributed by atoms with Crippen LogP contribution in [0.15, 0.2) is 59.5 Å². The lowest BCUT2D eigenvalue weighted by Crippen LogP contribution is -2.19. The quantitative estimate of drug-likeness (QED) is 0.779. The fraction of sp³-hybridized carbons (Fsp3) is 0.0588. The van der Waals surface area contributed by atoms with E-state index in [0.717, 1.165) is 5.69 Å². The minimum atomic E-state index is -1.06. The molecule has 1 aliphatic carbocycles. The fourth-order valence-electron chi connectivity index (χ4n) is 2.45. The number of nitrogens with one attached hydrogen (secondary N) is 1. The zero-order chi connectivity index (χ0) is 15.7. The molecule has 5 heteroatoms. The number of rotatable bonds is 3. The van der Waals surface area contributed by atoms with Gasteiger partial charge >= 0.3 is 5.97 Å². The van der Waals surface area contributed by atoms with E-state index >= 15 is 0 Å². The molecule has 2 N–H and O–H groups in total. The Labute approximate surface area is 126 Å². The number of aromatic carboxylic acids is 1. The minimum absolute atomic E-state index is 0.124. The maximum Gasteiger partial charge on any atom is 0.338 e. The number of carboxylic acids is 1. The lowest BCUT2D eigenvalue weighted by atomic mass is 9.98. The maximum atomic E-state index is 11.6. The Hall–Kier alpha value is -3.08. The predicted molar refractivity (Wildman–Crippen MR) is 84.5 cm³/mol. The fourth-order valence-corrected chi connectivity index (χ4v) is 2.45. The third-order valence-corrected chi connectivity index (χ3v) is 3.52. The van der Waals surface area contributed by atoms with Crippen LogP contribution in [-0.4, -0.2) is 15.8 Å². The van der Waals surface area contributed by atoms with Gasteiger partial charge in [-0.15, -0.1) is 0 Å². The highest BCUT2D eigenvalue weighted by molar-refractivity contribution is 5.97. The van der Waals surface area contributed by atoms with Crippen molar-refractivity contribution in [2.24, 2.45) is 0 Å². The number of hydrogen-bond donors (Lipinski definition) is 2. The molecule has 0 bridgehead atoms. The Kier molecular flexibility index (Phi) is 3.39. The third kappa shape index (κ3) is 2.44. The molecule has 0 radical (unpaired) electrons. The highest BCUT2D eigenvalue weighted by atomic mass is 16.4. The number of fused-ring (bicyclic) bond motifs is 1. The van der Waals surface area contributed by atoms with Crippen LogP contribution in [0.25, 0.3) is 11.1 Å². The summed E-state index contributed by atoms with van der Waals surface area (Å²) in [6.45, 7) is 1.70. The van der Waals surface area contributed by atoms with E-state index in [1.807, 2.05) is 30.3 Å². The first kappa shape index (κ1) is 13.9. The minimum Gasteiger partial charge on any atom is -0.478 e. The van der Waals surface area contributed by atoms with Gasteiger partial charge in [-0.25, -0.2) is 4.79 Å². The van der Waals surface area contributed by atoms with Crippen molar-refractivity contribution in [3.05, 3.63) is 76.2 Å². The highest BCUT2D eigenvalue weighted by Gasteiger charge is 2.19. The molecule has 1 aromatic rings. The van der Waals surface area contributed by atoms with Crippen molar-refractivity contribution in [1.82, 2.24) is 4.68 Å². The molecule has 1 aromatic carbocycles. The summed E-state index contributed by atoms with van der Waals surface area (Å²) in [6.07, 6.45) is 1.78. The van der Waals surface area contributed by atoms with Crippen molar-refractivity contribution < 1.29 is 9.90 Å². The van der Waals surface area contributed by atoms with E-state index in [1.165, 1.54) is 12.1 Å². The van der Waals surface area contributed by atoms with E-state index in [1.54, 1.807) is 23.9 Å². The van der Waals surface area contributed by atoms with E-state index in [2.05, 4.69) is 5.43 Å². The molecule has 3 rings (SSSR count). The van der Waals surface area contributed by atoms with Gasteiger partial charge in [0, 0.05) is 17.3 Å².